The molecule has 0 aliphatic heterocycles. The zero-order valence-electron chi connectivity index (χ0n) is 10.5. The predicted molar refractivity (Wildman–Crippen MR) is 71.9 cm³/mol. The molecule has 19 heavy (non-hydrogen) atoms. The van der Waals surface area contributed by atoms with Crippen LogP contribution >= 0.6 is 0 Å². The molecule has 0 bridgehead atoms. The van der Waals surface area contributed by atoms with E-state index in [1.54, 1.807) is 30.5 Å². The Morgan fingerprint density at radius 1 is 1.32 bits per heavy atom. The highest BCUT2D eigenvalue weighted by atomic mass is 32.2. The van der Waals surface area contributed by atoms with Gasteiger partial charge in [0.2, 0.25) is 0 Å². The number of aliphatic carboxylic acids is 1. The van der Waals surface area contributed by atoms with Gasteiger partial charge in [-0.1, -0.05) is 13.0 Å². The van der Waals surface area contributed by atoms with Gasteiger partial charge in [0.15, 0.2) is 9.84 Å². The first-order valence-corrected chi connectivity index (χ1v) is 7.62. The number of benzene rings is 1. The lowest BCUT2D eigenvalue weighted by atomic mass is 10.2. The molecule has 0 radical (unpaired) electrons. The number of aromatic nitrogens is 1. The molecule has 2 rings (SSSR count). The van der Waals surface area contributed by atoms with Crippen molar-refractivity contribution in [1.82, 2.24) is 4.57 Å². The molecule has 0 amide bonds. The summed E-state index contributed by atoms with van der Waals surface area (Å²) >= 11 is 0. The molecule has 0 aliphatic carbocycles. The average Bonchev–Trinajstić information content (AvgIpc) is 2.71. The highest BCUT2D eigenvalue weighted by Crippen LogP contribution is 2.21. The molecule has 0 saturated carbocycles. The highest BCUT2D eigenvalue weighted by molar-refractivity contribution is 7.91. The molecular formula is C13H15NO4S. The lowest BCUT2D eigenvalue weighted by molar-refractivity contribution is -0.137. The minimum atomic E-state index is -3.29. The molecule has 102 valence electrons. The van der Waals surface area contributed by atoms with Crippen molar-refractivity contribution in [3.05, 3.63) is 30.5 Å². The second kappa shape index (κ2) is 5.05. The molecule has 0 fully saturated rings. The van der Waals surface area contributed by atoms with Crippen LogP contribution in [0.3, 0.4) is 0 Å². The van der Waals surface area contributed by atoms with Crippen molar-refractivity contribution in [3.63, 3.8) is 0 Å². The summed E-state index contributed by atoms with van der Waals surface area (Å²) in [6.07, 6.45) is 2.20. The predicted octanol–water partition coefficient (Wildman–Crippen LogP) is 1.91. The van der Waals surface area contributed by atoms with Gasteiger partial charge < -0.3 is 9.67 Å². The minimum Gasteiger partial charge on any atom is -0.480 e. The first-order valence-electron chi connectivity index (χ1n) is 5.97. The summed E-state index contributed by atoms with van der Waals surface area (Å²) in [7, 11) is -3.29. The maximum Gasteiger partial charge on any atom is 0.323 e. The van der Waals surface area contributed by atoms with Gasteiger partial charge in [0, 0.05) is 11.7 Å². The Labute approximate surface area is 111 Å². The normalized spacial score (nSPS) is 11.8. The summed E-state index contributed by atoms with van der Waals surface area (Å²) in [5.41, 5.74) is 0.625. The molecule has 0 aliphatic rings. The summed E-state index contributed by atoms with van der Waals surface area (Å²) in [5.74, 6) is -0.864. The van der Waals surface area contributed by atoms with Gasteiger partial charge in [0.25, 0.3) is 0 Å². The van der Waals surface area contributed by atoms with E-state index in [0.717, 1.165) is 5.39 Å². The van der Waals surface area contributed by atoms with Crippen molar-refractivity contribution in [2.75, 3.05) is 5.75 Å². The van der Waals surface area contributed by atoms with Crippen molar-refractivity contribution in [2.45, 2.75) is 24.8 Å². The van der Waals surface area contributed by atoms with Gasteiger partial charge in [0.1, 0.15) is 6.54 Å². The Morgan fingerprint density at radius 2 is 2.05 bits per heavy atom. The van der Waals surface area contributed by atoms with E-state index < -0.39 is 15.8 Å². The van der Waals surface area contributed by atoms with Gasteiger partial charge in [-0.2, -0.15) is 0 Å². The number of hydrogen-bond acceptors (Lipinski definition) is 3. The molecule has 0 unspecified atom stereocenters. The van der Waals surface area contributed by atoms with Gasteiger partial charge in [0.05, 0.1) is 10.6 Å². The number of carboxylic acids is 1. The minimum absolute atomic E-state index is 0.0954. The summed E-state index contributed by atoms with van der Waals surface area (Å²) in [6.45, 7) is 1.63. The summed E-state index contributed by atoms with van der Waals surface area (Å²) < 4.78 is 25.5. The van der Waals surface area contributed by atoms with Crippen LogP contribution in [0.5, 0.6) is 0 Å². The molecule has 6 heteroatoms. The quantitative estimate of drug-likeness (QED) is 0.908. The maximum absolute atomic E-state index is 12.0. The van der Waals surface area contributed by atoms with E-state index >= 15 is 0 Å². The van der Waals surface area contributed by atoms with Gasteiger partial charge in [-0.15, -0.1) is 0 Å². The number of sulfone groups is 1. The summed E-state index contributed by atoms with van der Waals surface area (Å²) in [6, 6.07) is 6.59. The fourth-order valence-electron chi connectivity index (χ4n) is 2.03. The fraction of sp³-hybridized carbons (Fsp3) is 0.308. The largest absolute Gasteiger partial charge is 0.480 e. The summed E-state index contributed by atoms with van der Waals surface area (Å²) in [5, 5.41) is 9.65. The van der Waals surface area contributed by atoms with Crippen molar-refractivity contribution < 1.29 is 18.3 Å². The first-order chi connectivity index (χ1) is 8.94. The molecule has 1 aromatic carbocycles. The van der Waals surface area contributed by atoms with Crippen LogP contribution in [-0.4, -0.2) is 29.8 Å². The zero-order chi connectivity index (χ0) is 14.0. The number of carboxylic acid groups (broad SMARTS) is 1. The van der Waals surface area contributed by atoms with Crippen LogP contribution < -0.4 is 0 Å². The van der Waals surface area contributed by atoms with Crippen molar-refractivity contribution in [1.29, 1.82) is 0 Å². The van der Waals surface area contributed by atoms with E-state index in [2.05, 4.69) is 0 Å². The molecule has 5 nitrogen and oxygen atoms in total. The Morgan fingerprint density at radius 3 is 2.68 bits per heavy atom. The van der Waals surface area contributed by atoms with Crippen molar-refractivity contribution in [2.24, 2.45) is 0 Å². The molecule has 1 aromatic heterocycles. The first kappa shape index (κ1) is 13.6. The molecule has 0 spiro atoms. The van der Waals surface area contributed by atoms with E-state index in [0.29, 0.717) is 11.9 Å². The topological polar surface area (TPSA) is 76.4 Å². The molecule has 1 heterocycles. The van der Waals surface area contributed by atoms with Crippen LogP contribution in [0.25, 0.3) is 10.9 Å². The zero-order valence-corrected chi connectivity index (χ0v) is 11.4. The summed E-state index contributed by atoms with van der Waals surface area (Å²) in [4.78, 5) is 11.0. The van der Waals surface area contributed by atoms with E-state index in [9.17, 15) is 13.2 Å². The number of nitrogens with zero attached hydrogens (tertiary/aromatic N) is 1. The third-order valence-electron chi connectivity index (χ3n) is 2.88. The second-order valence-electron chi connectivity index (χ2n) is 4.38. The van der Waals surface area contributed by atoms with Crippen molar-refractivity contribution >= 4 is 26.7 Å². The van der Waals surface area contributed by atoms with Gasteiger partial charge in [-0.25, -0.2) is 8.42 Å². The van der Waals surface area contributed by atoms with Gasteiger partial charge >= 0.3 is 5.97 Å². The third kappa shape index (κ3) is 2.78. The Bertz CT molecular complexity index is 715. The van der Waals surface area contributed by atoms with Crippen LogP contribution in [0.1, 0.15) is 13.3 Å². The van der Waals surface area contributed by atoms with Crippen LogP contribution in [0.2, 0.25) is 0 Å². The average molecular weight is 281 g/mol. The Balaban J connectivity index is 2.52. The van der Waals surface area contributed by atoms with E-state index in [-0.39, 0.29) is 17.2 Å². The maximum atomic E-state index is 12.0. The number of hydrogen-bond donors (Lipinski definition) is 1. The molecule has 2 aromatic rings. The number of carbonyl (C=O) groups is 1. The lowest BCUT2D eigenvalue weighted by Crippen LogP contribution is -2.08. The van der Waals surface area contributed by atoms with E-state index in [4.69, 9.17) is 5.11 Å². The van der Waals surface area contributed by atoms with Crippen LogP contribution in [0, 0.1) is 0 Å². The SMILES string of the molecule is CCCS(=O)(=O)c1ccc2ccn(CC(=O)O)c2c1. The molecular weight excluding hydrogens is 266 g/mol. The van der Waals surface area contributed by atoms with Crippen LogP contribution in [0.15, 0.2) is 35.4 Å². The monoisotopic (exact) mass is 281 g/mol. The second-order valence-corrected chi connectivity index (χ2v) is 6.49. The molecule has 1 N–H and O–H groups in total. The standard InChI is InChI=1S/C13H15NO4S/c1-2-7-19(17,18)11-4-3-10-5-6-14(9-13(15)16)12(10)8-11/h3-6,8H,2,7,9H2,1H3,(H,15,16). The Hall–Kier alpha value is -1.82. The lowest BCUT2D eigenvalue weighted by Gasteiger charge is -2.05. The smallest absolute Gasteiger partial charge is 0.323 e. The third-order valence-corrected chi connectivity index (χ3v) is 4.80. The van der Waals surface area contributed by atoms with Gasteiger partial charge in [-0.05, 0) is 30.0 Å². The number of rotatable bonds is 5. The van der Waals surface area contributed by atoms with Crippen LogP contribution in [-0.2, 0) is 21.2 Å². The van der Waals surface area contributed by atoms with Crippen molar-refractivity contribution in [3.8, 4) is 0 Å². The van der Waals surface area contributed by atoms with E-state index in [1.807, 2.05) is 6.92 Å². The van der Waals surface area contributed by atoms with Crippen LogP contribution in [0.4, 0.5) is 0 Å². The number of fused-ring (bicyclic) bond motifs is 1. The van der Waals surface area contributed by atoms with Gasteiger partial charge in [-0.3, -0.25) is 4.79 Å². The fourth-order valence-corrected chi connectivity index (χ4v) is 3.37. The van der Waals surface area contributed by atoms with E-state index in [1.165, 1.54) is 4.57 Å². The molecule has 0 saturated heterocycles. The Kier molecular flexibility index (Phi) is 3.61. The molecule has 0 atom stereocenters. The highest BCUT2D eigenvalue weighted by Gasteiger charge is 2.15.